The molecule has 2 unspecified atom stereocenters. The van der Waals surface area contributed by atoms with Crippen LogP contribution in [-0.4, -0.2) is 67.2 Å². The van der Waals surface area contributed by atoms with Crippen molar-refractivity contribution in [3.8, 4) is 0 Å². The summed E-state index contributed by atoms with van der Waals surface area (Å²) in [5.41, 5.74) is 2.13. The number of ether oxygens (including phenoxy) is 2. The standard InChI is InChI=1S/C22H28ClN5O5/c1-5-15-19(23)27-20(25-15)21(30)26-17-8-9-28(11-18(17)32-3)13-6-7-16(24-12(2)29)14(10-13)22(31)33-4/h6-7,10,17-18H,5,8-9,11H2,1-4H3,(H,24,29)(H,25,27)(H,26,30). The van der Waals surface area contributed by atoms with E-state index >= 15 is 0 Å². The Labute approximate surface area is 197 Å². The van der Waals surface area contributed by atoms with Crippen LogP contribution in [0.25, 0.3) is 0 Å². The summed E-state index contributed by atoms with van der Waals surface area (Å²) >= 11 is 6.05. The Hall–Kier alpha value is -3.11. The van der Waals surface area contributed by atoms with Crippen molar-refractivity contribution >= 4 is 40.8 Å². The van der Waals surface area contributed by atoms with Crippen molar-refractivity contribution < 1.29 is 23.9 Å². The highest BCUT2D eigenvalue weighted by Crippen LogP contribution is 2.27. The highest BCUT2D eigenvalue weighted by Gasteiger charge is 2.32. The molecule has 1 saturated heterocycles. The molecule has 0 bridgehead atoms. The van der Waals surface area contributed by atoms with Gasteiger partial charge < -0.3 is 30.0 Å². The van der Waals surface area contributed by atoms with Crippen LogP contribution in [0.1, 0.15) is 46.9 Å². The number of aromatic nitrogens is 2. The zero-order chi connectivity index (χ0) is 24.1. The number of nitrogens with zero attached hydrogens (tertiary/aromatic N) is 2. The Balaban J connectivity index is 1.74. The number of carbonyl (C=O) groups excluding carboxylic acids is 3. The predicted octanol–water partition coefficient (Wildman–Crippen LogP) is 2.39. The number of anilines is 2. The van der Waals surface area contributed by atoms with Crippen LogP contribution >= 0.6 is 11.6 Å². The van der Waals surface area contributed by atoms with E-state index in [1.165, 1.54) is 14.0 Å². The molecule has 0 radical (unpaired) electrons. The lowest BCUT2D eigenvalue weighted by Crippen LogP contribution is -2.55. The Morgan fingerprint density at radius 1 is 1.30 bits per heavy atom. The van der Waals surface area contributed by atoms with Gasteiger partial charge in [-0.15, -0.1) is 0 Å². The lowest BCUT2D eigenvalue weighted by atomic mass is 10.00. The van der Waals surface area contributed by atoms with Crippen LogP contribution in [0.4, 0.5) is 11.4 Å². The maximum Gasteiger partial charge on any atom is 0.340 e. The number of aryl methyl sites for hydroxylation is 1. The van der Waals surface area contributed by atoms with Gasteiger partial charge in [0.15, 0.2) is 11.0 Å². The quantitative estimate of drug-likeness (QED) is 0.523. The summed E-state index contributed by atoms with van der Waals surface area (Å²) in [6, 6.07) is 4.94. The SMILES string of the molecule is CCc1[nH]c(C(=O)NC2CCN(c3ccc(NC(C)=O)c(C(=O)OC)c3)CC2OC)nc1Cl. The number of rotatable bonds is 7. The van der Waals surface area contributed by atoms with Crippen molar-refractivity contribution in [3.05, 3.63) is 40.4 Å². The van der Waals surface area contributed by atoms with E-state index < -0.39 is 5.97 Å². The number of halogens is 1. The van der Waals surface area contributed by atoms with Gasteiger partial charge in [0.25, 0.3) is 5.91 Å². The van der Waals surface area contributed by atoms with Gasteiger partial charge in [0.1, 0.15) is 0 Å². The van der Waals surface area contributed by atoms with Crippen LogP contribution in [0.15, 0.2) is 18.2 Å². The van der Waals surface area contributed by atoms with Crippen LogP contribution in [-0.2, 0) is 20.7 Å². The van der Waals surface area contributed by atoms with E-state index in [1.807, 2.05) is 13.0 Å². The third kappa shape index (κ3) is 5.63. The molecule has 2 aromatic rings. The molecule has 0 spiro atoms. The number of H-pyrrole nitrogens is 1. The smallest absolute Gasteiger partial charge is 0.340 e. The molecule has 1 aromatic heterocycles. The number of piperidine rings is 1. The number of amides is 2. The second-order valence-corrected chi connectivity index (χ2v) is 8.06. The number of methoxy groups -OCH3 is 2. The molecule has 1 fully saturated rings. The summed E-state index contributed by atoms with van der Waals surface area (Å²) in [4.78, 5) is 45.5. The van der Waals surface area contributed by atoms with E-state index in [-0.39, 0.29) is 35.3 Å². The van der Waals surface area contributed by atoms with Crippen molar-refractivity contribution in [2.24, 2.45) is 0 Å². The Morgan fingerprint density at radius 2 is 2.06 bits per heavy atom. The van der Waals surface area contributed by atoms with Gasteiger partial charge in [-0.25, -0.2) is 9.78 Å². The molecule has 33 heavy (non-hydrogen) atoms. The number of hydrogen-bond donors (Lipinski definition) is 3. The summed E-state index contributed by atoms with van der Waals surface area (Å²) in [6.45, 7) is 4.40. The van der Waals surface area contributed by atoms with E-state index in [2.05, 4.69) is 25.5 Å². The normalized spacial score (nSPS) is 18.0. The third-order valence-corrected chi connectivity index (χ3v) is 5.87. The fourth-order valence-electron chi connectivity index (χ4n) is 3.83. The highest BCUT2D eigenvalue weighted by atomic mass is 35.5. The van der Waals surface area contributed by atoms with Crippen molar-refractivity contribution in [2.45, 2.75) is 38.8 Å². The first kappa shape index (κ1) is 24.5. The van der Waals surface area contributed by atoms with Crippen molar-refractivity contribution in [3.63, 3.8) is 0 Å². The summed E-state index contributed by atoms with van der Waals surface area (Å²) in [6.07, 6.45) is 0.961. The molecule has 2 amide bonds. The van der Waals surface area contributed by atoms with Gasteiger partial charge >= 0.3 is 5.97 Å². The minimum Gasteiger partial charge on any atom is -0.465 e. The molecule has 0 aliphatic carbocycles. The van der Waals surface area contributed by atoms with E-state index in [4.69, 9.17) is 21.1 Å². The zero-order valence-corrected chi connectivity index (χ0v) is 19.8. The maximum atomic E-state index is 12.7. The molecule has 2 atom stereocenters. The molecule has 178 valence electrons. The van der Waals surface area contributed by atoms with Gasteiger partial charge in [-0.1, -0.05) is 18.5 Å². The number of esters is 1. The zero-order valence-electron chi connectivity index (χ0n) is 19.0. The molecule has 3 rings (SSSR count). The number of nitrogens with one attached hydrogen (secondary N) is 3. The lowest BCUT2D eigenvalue weighted by molar-refractivity contribution is -0.114. The van der Waals surface area contributed by atoms with E-state index in [1.54, 1.807) is 19.2 Å². The molecule has 11 heteroatoms. The van der Waals surface area contributed by atoms with Crippen LogP contribution in [0.5, 0.6) is 0 Å². The van der Waals surface area contributed by atoms with Crippen molar-refractivity contribution in [2.75, 3.05) is 37.5 Å². The van der Waals surface area contributed by atoms with Gasteiger partial charge in [0.05, 0.1) is 36.2 Å². The number of benzene rings is 1. The van der Waals surface area contributed by atoms with E-state index in [0.29, 0.717) is 42.5 Å². The number of imidazole rings is 1. The largest absolute Gasteiger partial charge is 0.465 e. The van der Waals surface area contributed by atoms with Crippen molar-refractivity contribution in [1.82, 2.24) is 15.3 Å². The van der Waals surface area contributed by atoms with E-state index in [9.17, 15) is 14.4 Å². The average molecular weight is 478 g/mol. The fraction of sp³-hybridized carbons (Fsp3) is 0.455. The second-order valence-electron chi connectivity index (χ2n) is 7.70. The number of hydrogen-bond acceptors (Lipinski definition) is 7. The summed E-state index contributed by atoms with van der Waals surface area (Å²) < 4.78 is 10.5. The molecule has 1 aliphatic heterocycles. The Bertz CT molecular complexity index is 1040. The minimum atomic E-state index is -0.547. The summed E-state index contributed by atoms with van der Waals surface area (Å²) in [5.74, 6) is -1.00. The van der Waals surface area contributed by atoms with Gasteiger partial charge in [-0.2, -0.15) is 0 Å². The molecule has 0 saturated carbocycles. The van der Waals surface area contributed by atoms with Crippen LogP contribution in [0, 0.1) is 0 Å². The molecular formula is C22H28ClN5O5. The van der Waals surface area contributed by atoms with Crippen LogP contribution in [0.2, 0.25) is 5.15 Å². The van der Waals surface area contributed by atoms with Crippen LogP contribution < -0.4 is 15.5 Å². The maximum absolute atomic E-state index is 12.7. The van der Waals surface area contributed by atoms with Gasteiger partial charge in [-0.3, -0.25) is 9.59 Å². The molecule has 1 aliphatic rings. The Morgan fingerprint density at radius 3 is 2.67 bits per heavy atom. The molecule has 3 N–H and O–H groups in total. The third-order valence-electron chi connectivity index (χ3n) is 5.56. The van der Waals surface area contributed by atoms with E-state index in [0.717, 1.165) is 5.69 Å². The lowest BCUT2D eigenvalue weighted by Gasteiger charge is -2.39. The van der Waals surface area contributed by atoms with Crippen molar-refractivity contribution in [1.29, 1.82) is 0 Å². The van der Waals surface area contributed by atoms with Gasteiger partial charge in [0, 0.05) is 32.8 Å². The van der Waals surface area contributed by atoms with Gasteiger partial charge in [0.2, 0.25) is 5.91 Å². The highest BCUT2D eigenvalue weighted by molar-refractivity contribution is 6.30. The Kier molecular flexibility index (Phi) is 7.93. The summed E-state index contributed by atoms with van der Waals surface area (Å²) in [7, 11) is 2.88. The molecule has 10 nitrogen and oxygen atoms in total. The first-order chi connectivity index (χ1) is 15.8. The number of carbonyl (C=O) groups is 3. The number of aromatic amines is 1. The molecular weight excluding hydrogens is 450 g/mol. The molecule has 1 aromatic carbocycles. The average Bonchev–Trinajstić information content (AvgIpc) is 3.19. The predicted molar refractivity (Wildman–Crippen MR) is 124 cm³/mol. The van der Waals surface area contributed by atoms with Gasteiger partial charge in [-0.05, 0) is 31.0 Å². The van der Waals surface area contributed by atoms with Crippen LogP contribution in [0.3, 0.4) is 0 Å². The summed E-state index contributed by atoms with van der Waals surface area (Å²) in [5, 5.41) is 5.92. The molecule has 2 heterocycles. The topological polar surface area (TPSA) is 126 Å². The minimum absolute atomic E-state index is 0.172. The monoisotopic (exact) mass is 477 g/mol. The first-order valence-corrected chi connectivity index (χ1v) is 11.0. The first-order valence-electron chi connectivity index (χ1n) is 10.6. The fourth-order valence-corrected chi connectivity index (χ4v) is 4.09. The second kappa shape index (κ2) is 10.7.